The molecular weight excluding hydrogens is 795 g/mol. The molecule has 0 aromatic carbocycles. The van der Waals surface area contributed by atoms with E-state index in [1.54, 1.807) is 0 Å². The second kappa shape index (κ2) is 18.0. The van der Waals surface area contributed by atoms with Crippen LogP contribution >= 0.6 is 54.5 Å². The second-order valence-corrected chi connectivity index (χ2v) is 14.5. The first-order valence-corrected chi connectivity index (χ1v) is 17.8. The maximum Gasteiger partial charge on any atom is 0.106 e. The van der Waals surface area contributed by atoms with Gasteiger partial charge < -0.3 is 29.9 Å². The molecule has 2 aromatic rings. The molecular formula is C30H45Br2IN6O4. The quantitative estimate of drug-likeness (QED) is 0.307. The van der Waals surface area contributed by atoms with Crippen LogP contribution in [0.4, 0.5) is 5.69 Å². The topological polar surface area (TPSA) is 106 Å². The first-order valence-electron chi connectivity index (χ1n) is 15.1. The first kappa shape index (κ1) is 35.4. The number of ether oxygens (including phenoxy) is 2. The van der Waals surface area contributed by atoms with Gasteiger partial charge in [0.05, 0.1) is 49.5 Å². The van der Waals surface area contributed by atoms with Crippen molar-refractivity contribution in [3.8, 4) is 0 Å². The van der Waals surface area contributed by atoms with E-state index in [0.717, 1.165) is 136 Å². The maximum atomic E-state index is 10.8. The largest absolute Gasteiger partial charge is 0.388 e. The number of pyridine rings is 2. The van der Waals surface area contributed by atoms with Crippen LogP contribution in [0.2, 0.25) is 0 Å². The fourth-order valence-electron chi connectivity index (χ4n) is 5.65. The number of piperidine rings is 2. The van der Waals surface area contributed by atoms with Gasteiger partial charge in [0.15, 0.2) is 0 Å². The van der Waals surface area contributed by atoms with Crippen molar-refractivity contribution in [1.82, 2.24) is 25.1 Å². The third-order valence-electron chi connectivity index (χ3n) is 8.24. The molecule has 13 heteroatoms. The Morgan fingerprint density at radius 3 is 1.65 bits per heavy atom. The Morgan fingerprint density at radius 2 is 1.21 bits per heavy atom. The predicted octanol–water partition coefficient (Wildman–Crippen LogP) is 3.39. The lowest BCUT2D eigenvalue weighted by molar-refractivity contribution is -0.0471. The monoisotopic (exact) mass is 838 g/mol. The molecule has 0 atom stereocenters. The normalized spacial score (nSPS) is 22.5. The molecule has 0 aliphatic carbocycles. The molecule has 0 unspecified atom stereocenters. The summed E-state index contributed by atoms with van der Waals surface area (Å²) >= 11 is 8.80. The van der Waals surface area contributed by atoms with E-state index < -0.39 is 11.2 Å². The van der Waals surface area contributed by atoms with Crippen LogP contribution in [0, 0.1) is 3.57 Å². The summed E-state index contributed by atoms with van der Waals surface area (Å²) < 4.78 is 13.5. The van der Waals surface area contributed by atoms with E-state index in [9.17, 15) is 10.2 Å². The zero-order valence-corrected chi connectivity index (χ0v) is 30.1. The minimum Gasteiger partial charge on any atom is -0.388 e. The van der Waals surface area contributed by atoms with Crippen molar-refractivity contribution in [3.05, 3.63) is 49.4 Å². The smallest absolute Gasteiger partial charge is 0.106 e. The number of rotatable bonds is 5. The zero-order valence-electron chi connectivity index (χ0n) is 24.8. The van der Waals surface area contributed by atoms with Crippen LogP contribution in [0.1, 0.15) is 25.7 Å². The molecule has 6 rings (SSSR count). The molecule has 6 heterocycles. The number of aromatic nitrogens is 2. The first-order chi connectivity index (χ1) is 20.7. The highest BCUT2D eigenvalue weighted by Crippen LogP contribution is 2.27. The molecule has 0 saturated carbocycles. The van der Waals surface area contributed by atoms with Crippen LogP contribution in [0.15, 0.2) is 45.9 Å². The van der Waals surface area contributed by atoms with Crippen molar-refractivity contribution in [2.75, 3.05) is 96.8 Å². The van der Waals surface area contributed by atoms with Crippen molar-refractivity contribution < 1.29 is 19.7 Å². The second-order valence-electron chi connectivity index (χ2n) is 11.6. The molecule has 4 fully saturated rings. The van der Waals surface area contributed by atoms with E-state index in [2.05, 4.69) is 90.5 Å². The highest BCUT2D eigenvalue weighted by atomic mass is 127. The van der Waals surface area contributed by atoms with Crippen LogP contribution in [0.3, 0.4) is 0 Å². The molecule has 4 aliphatic heterocycles. The summed E-state index contributed by atoms with van der Waals surface area (Å²) in [4.78, 5) is 15.2. The Morgan fingerprint density at radius 1 is 0.721 bits per heavy atom. The molecule has 4 aliphatic rings. The van der Waals surface area contributed by atoms with Crippen molar-refractivity contribution in [2.24, 2.45) is 0 Å². The minimum atomic E-state index is -0.559. The van der Waals surface area contributed by atoms with Crippen LogP contribution in [-0.4, -0.2) is 133 Å². The number of anilines is 1. The van der Waals surface area contributed by atoms with E-state index in [-0.39, 0.29) is 0 Å². The zero-order chi connectivity index (χ0) is 30.5. The van der Waals surface area contributed by atoms with Gasteiger partial charge in [-0.15, -0.1) is 0 Å². The molecule has 0 bridgehead atoms. The van der Waals surface area contributed by atoms with E-state index in [1.165, 1.54) is 0 Å². The molecule has 43 heavy (non-hydrogen) atoms. The summed E-state index contributed by atoms with van der Waals surface area (Å²) in [5.74, 6) is 0. The number of β-amino-alcohol motifs (C(OH)–C–C–N with tert-alkyl or cyclic N) is 2. The molecule has 3 N–H and O–H groups in total. The Kier molecular flexibility index (Phi) is 14.8. The van der Waals surface area contributed by atoms with Crippen LogP contribution in [-0.2, 0) is 9.47 Å². The van der Waals surface area contributed by atoms with Gasteiger partial charge in [-0.25, -0.2) is 9.97 Å². The van der Waals surface area contributed by atoms with Gasteiger partial charge in [0.2, 0.25) is 0 Å². The van der Waals surface area contributed by atoms with Crippen LogP contribution in [0.25, 0.3) is 0 Å². The predicted molar refractivity (Wildman–Crippen MR) is 185 cm³/mol. The number of hydrogen-bond donors (Lipinski definition) is 3. The summed E-state index contributed by atoms with van der Waals surface area (Å²) in [6, 6.07) is 7.95. The number of aliphatic hydroxyl groups is 2. The summed E-state index contributed by atoms with van der Waals surface area (Å²) in [5.41, 5.74) is 0.116. The highest BCUT2D eigenvalue weighted by molar-refractivity contribution is 14.1. The highest BCUT2D eigenvalue weighted by Gasteiger charge is 2.35. The van der Waals surface area contributed by atoms with Crippen LogP contribution < -0.4 is 10.2 Å². The van der Waals surface area contributed by atoms with Gasteiger partial charge in [0, 0.05) is 62.1 Å². The van der Waals surface area contributed by atoms with E-state index in [4.69, 9.17) is 9.47 Å². The summed E-state index contributed by atoms with van der Waals surface area (Å²) in [6.07, 6.45) is 7.07. The van der Waals surface area contributed by atoms with Gasteiger partial charge in [0.1, 0.15) is 9.21 Å². The Balaban J connectivity index is 0.000000165. The lowest BCUT2D eigenvalue weighted by Gasteiger charge is -2.42. The van der Waals surface area contributed by atoms with Crippen molar-refractivity contribution in [2.45, 2.75) is 36.9 Å². The fraction of sp³-hybridized carbons (Fsp3) is 0.667. The van der Waals surface area contributed by atoms with Crippen molar-refractivity contribution in [3.63, 3.8) is 0 Å². The molecule has 4 saturated heterocycles. The molecule has 0 radical (unpaired) electrons. The van der Waals surface area contributed by atoms with Gasteiger partial charge in [0.25, 0.3) is 0 Å². The number of halogens is 3. The Hall–Kier alpha value is -0.490. The van der Waals surface area contributed by atoms with Gasteiger partial charge >= 0.3 is 0 Å². The van der Waals surface area contributed by atoms with E-state index >= 15 is 0 Å². The Labute approximate surface area is 286 Å². The number of nitrogens with zero attached hydrogens (tertiary/aromatic N) is 5. The van der Waals surface area contributed by atoms with Gasteiger partial charge in [-0.3, -0.25) is 9.80 Å². The van der Waals surface area contributed by atoms with Gasteiger partial charge in [-0.05, 0) is 117 Å². The van der Waals surface area contributed by atoms with Crippen LogP contribution in [0.5, 0.6) is 0 Å². The van der Waals surface area contributed by atoms with E-state index in [1.807, 2.05) is 30.6 Å². The minimum absolute atomic E-state index is 0.456. The van der Waals surface area contributed by atoms with E-state index in [0.29, 0.717) is 0 Å². The van der Waals surface area contributed by atoms with Crippen molar-refractivity contribution >= 4 is 60.1 Å². The summed E-state index contributed by atoms with van der Waals surface area (Å²) in [6.45, 7) is 12.2. The van der Waals surface area contributed by atoms with Gasteiger partial charge in [-0.2, -0.15) is 0 Å². The van der Waals surface area contributed by atoms with Crippen molar-refractivity contribution in [1.29, 1.82) is 0 Å². The Bertz CT molecular complexity index is 1040. The standard InChI is InChI=1S/C15H22BrN3O2.C10H20N2O2.C5H3BrIN/c16-14-2-1-13(11-17-14)19-5-3-15(20,4-6-19)12-18-7-9-21-10-8-18;13-10(1-3-11-4-2-10)9-12-5-7-14-8-6-12;6-5-2-1-4(7)3-8-5/h1-2,11,20H,3-10,12H2;11,13H,1-9H2;1-3H. The van der Waals surface area contributed by atoms with Gasteiger partial charge in [-0.1, -0.05) is 0 Å². The molecule has 240 valence electrons. The molecule has 2 aromatic heterocycles. The maximum absolute atomic E-state index is 10.8. The number of nitrogens with one attached hydrogen (secondary N) is 1. The number of morpholine rings is 2. The summed E-state index contributed by atoms with van der Waals surface area (Å²) in [7, 11) is 0. The average molecular weight is 840 g/mol. The number of hydrogen-bond acceptors (Lipinski definition) is 10. The lowest BCUT2D eigenvalue weighted by Crippen LogP contribution is -2.53. The molecule has 0 spiro atoms. The average Bonchev–Trinajstić information content (AvgIpc) is 3.01. The molecule has 10 nitrogen and oxygen atoms in total. The molecule has 0 amide bonds. The third kappa shape index (κ3) is 12.7. The third-order valence-corrected chi connectivity index (χ3v) is 9.82. The SMILES string of the molecule is Brc1ccc(I)cn1.OC1(CN2CCOCC2)CCN(c2ccc(Br)nc2)CC1.OC1(CN2CCOCC2)CCNCC1. The lowest BCUT2D eigenvalue weighted by atomic mass is 9.90. The fourth-order valence-corrected chi connectivity index (χ4v) is 6.44. The summed E-state index contributed by atoms with van der Waals surface area (Å²) in [5, 5.41) is 24.4.